The summed E-state index contributed by atoms with van der Waals surface area (Å²) in [6.07, 6.45) is 2.74. The maximum Gasteiger partial charge on any atom is 0.306 e. The summed E-state index contributed by atoms with van der Waals surface area (Å²) in [5.41, 5.74) is 0.587. The largest absolute Gasteiger partial charge is 0.481 e. The molecule has 1 saturated heterocycles. The van der Waals surface area contributed by atoms with E-state index in [0.717, 1.165) is 0 Å². The SMILES string of the molecule is O=C(O)C1CCC(NC(=O)C2CCN(c3ccc(F)cc3)C2=O)CC1. The van der Waals surface area contributed by atoms with Crippen LogP contribution in [0.2, 0.25) is 0 Å². The van der Waals surface area contributed by atoms with E-state index in [2.05, 4.69) is 5.32 Å². The summed E-state index contributed by atoms with van der Waals surface area (Å²) in [5.74, 6) is -2.80. The highest BCUT2D eigenvalue weighted by atomic mass is 19.1. The molecule has 1 unspecified atom stereocenters. The summed E-state index contributed by atoms with van der Waals surface area (Å²) in [4.78, 5) is 37.4. The lowest BCUT2D eigenvalue weighted by Crippen LogP contribution is -2.43. The van der Waals surface area contributed by atoms with Crippen molar-refractivity contribution in [3.63, 3.8) is 0 Å². The van der Waals surface area contributed by atoms with E-state index in [1.807, 2.05) is 0 Å². The zero-order valence-electron chi connectivity index (χ0n) is 13.8. The Balaban J connectivity index is 1.56. The number of halogens is 1. The minimum Gasteiger partial charge on any atom is -0.481 e. The summed E-state index contributed by atoms with van der Waals surface area (Å²) in [7, 11) is 0. The van der Waals surface area contributed by atoms with E-state index >= 15 is 0 Å². The molecule has 0 bridgehead atoms. The number of anilines is 1. The van der Waals surface area contributed by atoms with Crippen molar-refractivity contribution >= 4 is 23.5 Å². The van der Waals surface area contributed by atoms with Gasteiger partial charge in [-0.1, -0.05) is 0 Å². The molecule has 1 aliphatic heterocycles. The molecule has 0 spiro atoms. The van der Waals surface area contributed by atoms with Gasteiger partial charge in [0, 0.05) is 18.3 Å². The van der Waals surface area contributed by atoms with Gasteiger partial charge in [-0.25, -0.2) is 4.39 Å². The molecule has 1 atom stereocenters. The van der Waals surface area contributed by atoms with E-state index < -0.39 is 11.9 Å². The average Bonchev–Trinajstić information content (AvgIpc) is 2.98. The fraction of sp³-hybridized carbons (Fsp3) is 0.500. The van der Waals surface area contributed by atoms with Crippen molar-refractivity contribution in [2.45, 2.75) is 38.1 Å². The first-order chi connectivity index (χ1) is 12.0. The van der Waals surface area contributed by atoms with Crippen molar-refractivity contribution in [1.29, 1.82) is 0 Å². The average molecular weight is 348 g/mol. The van der Waals surface area contributed by atoms with Crippen molar-refractivity contribution in [3.8, 4) is 0 Å². The maximum absolute atomic E-state index is 13.0. The van der Waals surface area contributed by atoms with Gasteiger partial charge in [-0.3, -0.25) is 14.4 Å². The molecule has 2 fully saturated rings. The smallest absolute Gasteiger partial charge is 0.306 e. The summed E-state index contributed by atoms with van der Waals surface area (Å²) in [5, 5.41) is 11.9. The molecule has 7 heteroatoms. The Morgan fingerprint density at radius 2 is 1.72 bits per heavy atom. The Labute approximate surface area is 145 Å². The Kier molecular flexibility index (Phi) is 5.01. The summed E-state index contributed by atoms with van der Waals surface area (Å²) in [6, 6.07) is 5.56. The Morgan fingerprint density at radius 1 is 1.08 bits per heavy atom. The van der Waals surface area contributed by atoms with Crippen molar-refractivity contribution in [1.82, 2.24) is 5.32 Å². The van der Waals surface area contributed by atoms with Crippen molar-refractivity contribution in [2.24, 2.45) is 11.8 Å². The molecule has 25 heavy (non-hydrogen) atoms. The Morgan fingerprint density at radius 3 is 2.32 bits per heavy atom. The number of carboxylic acids is 1. The number of amides is 2. The number of hydrogen-bond donors (Lipinski definition) is 2. The van der Waals surface area contributed by atoms with E-state index in [0.29, 0.717) is 44.3 Å². The highest BCUT2D eigenvalue weighted by Gasteiger charge is 2.38. The molecule has 0 aromatic heterocycles. The molecule has 2 amide bonds. The van der Waals surface area contributed by atoms with Gasteiger partial charge in [-0.15, -0.1) is 0 Å². The van der Waals surface area contributed by atoms with Gasteiger partial charge in [0.25, 0.3) is 0 Å². The standard InChI is InChI=1S/C18H21FN2O4/c19-12-3-7-14(8-4-12)21-10-9-15(17(21)23)16(22)20-13-5-1-11(2-6-13)18(24)25/h3-4,7-8,11,13,15H,1-2,5-6,9-10H2,(H,20,22)(H,24,25). The van der Waals surface area contributed by atoms with Gasteiger partial charge < -0.3 is 15.3 Å². The fourth-order valence-electron chi connectivity index (χ4n) is 3.59. The maximum atomic E-state index is 13.0. The summed E-state index contributed by atoms with van der Waals surface area (Å²) >= 11 is 0. The van der Waals surface area contributed by atoms with Gasteiger partial charge in [0.2, 0.25) is 11.8 Å². The van der Waals surface area contributed by atoms with Crippen LogP contribution in [0.25, 0.3) is 0 Å². The van der Waals surface area contributed by atoms with E-state index in [9.17, 15) is 18.8 Å². The molecule has 0 radical (unpaired) electrons. The quantitative estimate of drug-likeness (QED) is 0.814. The third kappa shape index (κ3) is 3.81. The van der Waals surface area contributed by atoms with Crippen LogP contribution in [-0.4, -0.2) is 35.5 Å². The second-order valence-corrected chi connectivity index (χ2v) is 6.70. The summed E-state index contributed by atoms with van der Waals surface area (Å²) in [6.45, 7) is 0.425. The minimum atomic E-state index is -0.786. The Bertz CT molecular complexity index is 668. The fourth-order valence-corrected chi connectivity index (χ4v) is 3.59. The number of hydrogen-bond acceptors (Lipinski definition) is 3. The molecule has 3 rings (SSSR count). The molecule has 2 aliphatic rings. The first-order valence-electron chi connectivity index (χ1n) is 8.56. The van der Waals surface area contributed by atoms with Crippen LogP contribution in [-0.2, 0) is 14.4 Å². The second kappa shape index (κ2) is 7.21. The number of rotatable bonds is 4. The molecule has 1 heterocycles. The number of aliphatic carboxylic acids is 1. The number of carboxylic acid groups (broad SMARTS) is 1. The second-order valence-electron chi connectivity index (χ2n) is 6.70. The van der Waals surface area contributed by atoms with Crippen LogP contribution < -0.4 is 10.2 Å². The lowest BCUT2D eigenvalue weighted by Gasteiger charge is -2.27. The van der Waals surface area contributed by atoms with E-state index in [1.165, 1.54) is 29.2 Å². The van der Waals surface area contributed by atoms with E-state index in [-0.39, 0.29) is 29.6 Å². The number of carbonyl (C=O) groups excluding carboxylic acids is 2. The number of carbonyl (C=O) groups is 3. The van der Waals surface area contributed by atoms with Gasteiger partial charge in [-0.05, 0) is 56.4 Å². The van der Waals surface area contributed by atoms with Crippen LogP contribution >= 0.6 is 0 Å². The Hall–Kier alpha value is -2.44. The van der Waals surface area contributed by atoms with Crippen molar-refractivity contribution in [3.05, 3.63) is 30.1 Å². The van der Waals surface area contributed by atoms with Gasteiger partial charge in [-0.2, -0.15) is 0 Å². The van der Waals surface area contributed by atoms with Crippen LogP contribution in [0, 0.1) is 17.7 Å². The number of benzene rings is 1. The van der Waals surface area contributed by atoms with Crippen LogP contribution in [0.1, 0.15) is 32.1 Å². The topological polar surface area (TPSA) is 86.7 Å². The van der Waals surface area contributed by atoms with Gasteiger partial charge >= 0.3 is 5.97 Å². The van der Waals surface area contributed by atoms with E-state index in [1.54, 1.807) is 0 Å². The van der Waals surface area contributed by atoms with E-state index in [4.69, 9.17) is 5.11 Å². The molecule has 6 nitrogen and oxygen atoms in total. The lowest BCUT2D eigenvalue weighted by atomic mass is 9.86. The third-order valence-corrected chi connectivity index (χ3v) is 5.08. The van der Waals surface area contributed by atoms with Crippen molar-refractivity contribution < 1.29 is 23.9 Å². The van der Waals surface area contributed by atoms with Gasteiger partial charge in [0.05, 0.1) is 5.92 Å². The molecule has 1 aromatic carbocycles. The molecule has 2 N–H and O–H groups in total. The molecule has 1 aromatic rings. The molecule has 1 saturated carbocycles. The first-order valence-corrected chi connectivity index (χ1v) is 8.56. The van der Waals surface area contributed by atoms with Crippen molar-refractivity contribution in [2.75, 3.05) is 11.4 Å². The van der Waals surface area contributed by atoms with Crippen LogP contribution in [0.15, 0.2) is 24.3 Å². The predicted molar refractivity (Wildman–Crippen MR) is 88.4 cm³/mol. The van der Waals surface area contributed by atoms with Gasteiger partial charge in [0.1, 0.15) is 11.7 Å². The predicted octanol–water partition coefficient (Wildman–Crippen LogP) is 1.94. The van der Waals surface area contributed by atoms with Crippen LogP contribution in [0.4, 0.5) is 10.1 Å². The molecular weight excluding hydrogens is 327 g/mol. The monoisotopic (exact) mass is 348 g/mol. The molecule has 1 aliphatic carbocycles. The third-order valence-electron chi connectivity index (χ3n) is 5.08. The highest BCUT2D eigenvalue weighted by molar-refractivity contribution is 6.09. The summed E-state index contributed by atoms with van der Waals surface area (Å²) < 4.78 is 13.0. The van der Waals surface area contributed by atoms with Crippen LogP contribution in [0.3, 0.4) is 0 Å². The first kappa shape index (κ1) is 17.4. The minimum absolute atomic E-state index is 0.0734. The van der Waals surface area contributed by atoms with Gasteiger partial charge in [0.15, 0.2) is 0 Å². The normalized spacial score (nSPS) is 26.5. The van der Waals surface area contributed by atoms with Crippen LogP contribution in [0.5, 0.6) is 0 Å². The number of nitrogens with one attached hydrogen (secondary N) is 1. The number of nitrogens with zero attached hydrogens (tertiary/aromatic N) is 1. The highest BCUT2D eigenvalue weighted by Crippen LogP contribution is 2.28. The zero-order valence-corrected chi connectivity index (χ0v) is 13.8. The lowest BCUT2D eigenvalue weighted by molar-refractivity contribution is -0.142. The molecule has 134 valence electrons. The molecular formula is C18H21FN2O4. The zero-order chi connectivity index (χ0) is 18.0.